The lowest BCUT2D eigenvalue weighted by Crippen LogP contribution is -2.24. The van der Waals surface area contributed by atoms with Crippen molar-refractivity contribution < 1.29 is 21.6 Å². The van der Waals surface area contributed by atoms with Gasteiger partial charge in [0.15, 0.2) is 0 Å². The molecule has 0 aliphatic carbocycles. The third-order valence-corrected chi connectivity index (χ3v) is 4.08. The van der Waals surface area contributed by atoms with E-state index in [1.54, 1.807) is 6.07 Å². The number of hydrogen-bond donors (Lipinski definition) is 0. The highest BCUT2D eigenvalue weighted by molar-refractivity contribution is 7.92. The van der Waals surface area contributed by atoms with Crippen molar-refractivity contribution in [2.45, 2.75) is 37.1 Å². The molecule has 0 N–H and O–H groups in total. The van der Waals surface area contributed by atoms with E-state index in [1.165, 1.54) is 12.1 Å². The van der Waals surface area contributed by atoms with E-state index < -0.39 is 26.7 Å². The lowest BCUT2D eigenvalue weighted by molar-refractivity contribution is 0.0902. The van der Waals surface area contributed by atoms with Gasteiger partial charge in [0.25, 0.3) is 11.9 Å². The summed E-state index contributed by atoms with van der Waals surface area (Å²) in [5.74, 6) is 0.291. The first kappa shape index (κ1) is 15.0. The maximum atomic E-state index is 13.0. The maximum Gasteiger partial charge on any atom is 0.284 e. The van der Waals surface area contributed by atoms with Crippen molar-refractivity contribution in [3.63, 3.8) is 0 Å². The molecule has 1 aromatic rings. The third-order valence-electron chi connectivity index (χ3n) is 2.37. The molecule has 1 unspecified atom stereocenters. The summed E-state index contributed by atoms with van der Waals surface area (Å²) in [6.45, 7) is 3.89. The number of benzene rings is 1. The minimum absolute atomic E-state index is 0.291. The lowest BCUT2D eigenvalue weighted by Gasteiger charge is -2.11. The molecule has 1 rings (SSSR count). The highest BCUT2D eigenvalue weighted by Gasteiger charge is 2.35. The topological polar surface area (TPSA) is 34.1 Å². The molecule has 0 aliphatic rings. The third kappa shape index (κ3) is 3.48. The molecule has 6 heteroatoms. The molecule has 0 fully saturated rings. The normalized spacial score (nSPS) is 14.2. The largest absolute Gasteiger partial charge is 0.284 e. The van der Waals surface area contributed by atoms with Crippen molar-refractivity contribution in [3.05, 3.63) is 29.8 Å². The summed E-state index contributed by atoms with van der Waals surface area (Å²) < 4.78 is 60.5. The Kier molecular flexibility index (Phi) is 4.78. The molecule has 102 valence electrons. The van der Waals surface area contributed by atoms with E-state index in [-0.39, 0.29) is 0 Å². The van der Waals surface area contributed by atoms with Crippen LogP contribution in [0.1, 0.15) is 19.4 Å². The van der Waals surface area contributed by atoms with Crippen LogP contribution >= 0.6 is 0 Å². The van der Waals surface area contributed by atoms with E-state index in [9.17, 15) is 21.6 Å². The zero-order chi connectivity index (χ0) is 13.9. The second-order valence-corrected chi connectivity index (χ2v) is 6.49. The first-order valence-electron chi connectivity index (χ1n) is 5.50. The SMILES string of the molecule is CC(C)Cc1cccc(S(=O)(=O)C(F)C(F)F)c1. The first-order chi connectivity index (χ1) is 8.25. The summed E-state index contributed by atoms with van der Waals surface area (Å²) in [7, 11) is -4.61. The Morgan fingerprint density at radius 1 is 1.17 bits per heavy atom. The Bertz CT molecular complexity index is 498. The van der Waals surface area contributed by atoms with Crippen LogP contribution < -0.4 is 0 Å². The highest BCUT2D eigenvalue weighted by atomic mass is 32.2. The molecule has 0 heterocycles. The standard InChI is InChI=1S/C12H15F3O2S/c1-8(2)6-9-4-3-5-10(7-9)18(16,17)12(15)11(13)14/h3-5,7-8,11-12H,6H2,1-2H3. The van der Waals surface area contributed by atoms with E-state index in [0.29, 0.717) is 17.9 Å². The summed E-state index contributed by atoms with van der Waals surface area (Å²) in [5, 5.41) is 0. The second-order valence-electron chi connectivity index (χ2n) is 4.48. The monoisotopic (exact) mass is 280 g/mol. The lowest BCUT2D eigenvalue weighted by atomic mass is 10.0. The van der Waals surface area contributed by atoms with Gasteiger partial charge in [0, 0.05) is 0 Å². The molecular weight excluding hydrogens is 265 g/mol. The van der Waals surface area contributed by atoms with Gasteiger partial charge in [-0.3, -0.25) is 0 Å². The number of sulfone groups is 1. The molecule has 0 aromatic heterocycles. The number of rotatable bonds is 5. The van der Waals surface area contributed by atoms with Crippen LogP contribution in [0.2, 0.25) is 0 Å². The Labute approximate surface area is 105 Å². The minimum atomic E-state index is -4.61. The number of alkyl halides is 3. The first-order valence-corrected chi connectivity index (χ1v) is 7.05. The molecule has 0 bridgehead atoms. The van der Waals surface area contributed by atoms with Gasteiger partial charge in [-0.25, -0.2) is 21.6 Å². The van der Waals surface area contributed by atoms with Gasteiger partial charge >= 0.3 is 0 Å². The van der Waals surface area contributed by atoms with E-state index in [1.807, 2.05) is 13.8 Å². The van der Waals surface area contributed by atoms with Crippen molar-refractivity contribution in [2.75, 3.05) is 0 Å². The highest BCUT2D eigenvalue weighted by Crippen LogP contribution is 2.23. The Balaban J connectivity index is 3.10. The molecule has 0 saturated carbocycles. The average molecular weight is 280 g/mol. The summed E-state index contributed by atoms with van der Waals surface area (Å²) in [6.07, 6.45) is -2.93. The molecule has 0 radical (unpaired) electrons. The van der Waals surface area contributed by atoms with Crippen LogP contribution in [0.4, 0.5) is 13.2 Å². The number of hydrogen-bond acceptors (Lipinski definition) is 2. The van der Waals surface area contributed by atoms with Crippen molar-refractivity contribution in [1.29, 1.82) is 0 Å². The fraction of sp³-hybridized carbons (Fsp3) is 0.500. The summed E-state index contributed by atoms with van der Waals surface area (Å²) in [6, 6.07) is 5.51. The molecular formula is C12H15F3O2S. The van der Waals surface area contributed by atoms with E-state index in [4.69, 9.17) is 0 Å². The average Bonchev–Trinajstić information content (AvgIpc) is 2.27. The van der Waals surface area contributed by atoms with Gasteiger partial charge in [-0.2, -0.15) is 0 Å². The summed E-state index contributed by atoms with van der Waals surface area (Å²) >= 11 is 0. The Morgan fingerprint density at radius 2 is 1.78 bits per heavy atom. The predicted octanol–water partition coefficient (Wildman–Crippen LogP) is 3.22. The van der Waals surface area contributed by atoms with Crippen LogP contribution in [0.25, 0.3) is 0 Å². The van der Waals surface area contributed by atoms with Gasteiger partial charge in [-0.05, 0) is 30.0 Å². The predicted molar refractivity (Wildman–Crippen MR) is 63.1 cm³/mol. The van der Waals surface area contributed by atoms with Gasteiger partial charge in [0.05, 0.1) is 4.90 Å². The molecule has 1 aromatic carbocycles. The molecule has 0 spiro atoms. The zero-order valence-corrected chi connectivity index (χ0v) is 10.9. The van der Waals surface area contributed by atoms with Gasteiger partial charge in [-0.15, -0.1) is 0 Å². The molecule has 0 saturated heterocycles. The summed E-state index contributed by atoms with van der Waals surface area (Å²) in [4.78, 5) is -0.395. The van der Waals surface area contributed by atoms with Crippen LogP contribution in [-0.4, -0.2) is 20.3 Å². The smallest absolute Gasteiger partial charge is 0.223 e. The van der Waals surface area contributed by atoms with Crippen molar-refractivity contribution in [1.82, 2.24) is 0 Å². The van der Waals surface area contributed by atoms with Crippen LogP contribution in [0.3, 0.4) is 0 Å². The number of halogens is 3. The molecule has 0 aliphatic heterocycles. The van der Waals surface area contributed by atoms with Crippen LogP contribution in [0.15, 0.2) is 29.2 Å². The molecule has 1 atom stereocenters. The van der Waals surface area contributed by atoms with E-state index in [0.717, 1.165) is 6.07 Å². The van der Waals surface area contributed by atoms with E-state index in [2.05, 4.69) is 0 Å². The van der Waals surface area contributed by atoms with Gasteiger partial charge < -0.3 is 0 Å². The Morgan fingerprint density at radius 3 is 2.28 bits per heavy atom. The van der Waals surface area contributed by atoms with Crippen molar-refractivity contribution in [3.8, 4) is 0 Å². The fourth-order valence-electron chi connectivity index (χ4n) is 1.59. The van der Waals surface area contributed by atoms with Crippen molar-refractivity contribution in [2.24, 2.45) is 5.92 Å². The van der Waals surface area contributed by atoms with Gasteiger partial charge in [-0.1, -0.05) is 26.0 Å². The van der Waals surface area contributed by atoms with Crippen LogP contribution in [-0.2, 0) is 16.3 Å². The molecule has 2 nitrogen and oxygen atoms in total. The van der Waals surface area contributed by atoms with Crippen LogP contribution in [0.5, 0.6) is 0 Å². The Hall–Kier alpha value is -1.04. The van der Waals surface area contributed by atoms with Gasteiger partial charge in [0.2, 0.25) is 9.84 Å². The zero-order valence-electron chi connectivity index (χ0n) is 10.1. The maximum absolute atomic E-state index is 13.0. The molecule has 0 amide bonds. The van der Waals surface area contributed by atoms with Gasteiger partial charge in [0.1, 0.15) is 0 Å². The minimum Gasteiger partial charge on any atom is -0.223 e. The summed E-state index contributed by atoms with van der Waals surface area (Å²) in [5.41, 5.74) is -2.49. The second kappa shape index (κ2) is 5.73. The molecule has 18 heavy (non-hydrogen) atoms. The quantitative estimate of drug-likeness (QED) is 0.830. The van der Waals surface area contributed by atoms with Crippen molar-refractivity contribution >= 4 is 9.84 Å². The fourth-order valence-corrected chi connectivity index (χ4v) is 2.70. The van der Waals surface area contributed by atoms with Crippen LogP contribution in [0, 0.1) is 5.92 Å². The van der Waals surface area contributed by atoms with E-state index >= 15 is 0 Å².